The van der Waals surface area contributed by atoms with Crippen molar-refractivity contribution in [3.8, 4) is 0 Å². The summed E-state index contributed by atoms with van der Waals surface area (Å²) in [5.74, 6) is 1.95. The number of benzene rings is 1. The molecule has 76 valence electrons. The molecule has 1 heterocycles. The van der Waals surface area contributed by atoms with E-state index in [2.05, 4.69) is 21.2 Å². The predicted octanol–water partition coefficient (Wildman–Crippen LogP) is 2.97. The molecule has 1 aromatic carbocycles. The Balaban J connectivity index is 2.22. The molecule has 1 N–H and O–H groups in total. The van der Waals surface area contributed by atoms with Gasteiger partial charge in [-0.1, -0.05) is 22.0 Å². The number of hydrogen-bond donors (Lipinski definition) is 1. The third-order valence-electron chi connectivity index (χ3n) is 2.26. The van der Waals surface area contributed by atoms with Gasteiger partial charge in [0.15, 0.2) is 0 Å². The van der Waals surface area contributed by atoms with Gasteiger partial charge in [0.2, 0.25) is 0 Å². The molecule has 0 radical (unpaired) electrons. The second-order valence-corrected chi connectivity index (χ2v) is 5.31. The van der Waals surface area contributed by atoms with Crippen LogP contribution in [0.5, 0.6) is 0 Å². The highest BCUT2D eigenvalue weighted by molar-refractivity contribution is 9.10. The van der Waals surface area contributed by atoms with Gasteiger partial charge in [-0.05, 0) is 12.1 Å². The van der Waals surface area contributed by atoms with Crippen LogP contribution in [0.2, 0.25) is 0 Å². The minimum absolute atomic E-state index is 0.126. The molecule has 0 aliphatic carbocycles. The summed E-state index contributed by atoms with van der Waals surface area (Å²) in [5.41, 5.74) is 0.778. The number of halogens is 2. The lowest BCUT2D eigenvalue weighted by molar-refractivity contribution is 0.539. The number of hydrogen-bond acceptors (Lipinski definition) is 2. The summed E-state index contributed by atoms with van der Waals surface area (Å²) in [6, 6.07) is 5.43. The Morgan fingerprint density at radius 1 is 1.50 bits per heavy atom. The van der Waals surface area contributed by atoms with E-state index in [0.29, 0.717) is 0 Å². The Morgan fingerprint density at radius 2 is 2.36 bits per heavy atom. The zero-order chi connectivity index (χ0) is 9.97. The molecular weight excluding hydrogens is 265 g/mol. The van der Waals surface area contributed by atoms with Gasteiger partial charge in [0.25, 0.3) is 0 Å². The molecule has 1 atom stereocenters. The van der Waals surface area contributed by atoms with Crippen LogP contribution in [0.1, 0.15) is 11.6 Å². The molecule has 0 amide bonds. The SMILES string of the molecule is Fc1cc(Br)ccc1C1CSCCN1. The Bertz CT molecular complexity index is 326. The van der Waals surface area contributed by atoms with E-state index in [0.717, 1.165) is 28.1 Å². The van der Waals surface area contributed by atoms with E-state index in [1.807, 2.05) is 23.9 Å². The highest BCUT2D eigenvalue weighted by Gasteiger charge is 2.18. The highest BCUT2D eigenvalue weighted by atomic mass is 79.9. The second kappa shape index (κ2) is 4.64. The van der Waals surface area contributed by atoms with Crippen LogP contribution in [0, 0.1) is 5.82 Å². The van der Waals surface area contributed by atoms with E-state index in [9.17, 15) is 4.39 Å². The summed E-state index contributed by atoms with van der Waals surface area (Å²) in [5, 5.41) is 3.32. The summed E-state index contributed by atoms with van der Waals surface area (Å²) in [6.07, 6.45) is 0. The summed E-state index contributed by atoms with van der Waals surface area (Å²) in [7, 11) is 0. The van der Waals surface area contributed by atoms with Crippen molar-refractivity contribution in [1.82, 2.24) is 5.32 Å². The summed E-state index contributed by atoms with van der Waals surface area (Å²) in [4.78, 5) is 0. The van der Waals surface area contributed by atoms with Gasteiger partial charge in [-0.2, -0.15) is 11.8 Å². The van der Waals surface area contributed by atoms with Gasteiger partial charge < -0.3 is 5.32 Å². The maximum Gasteiger partial charge on any atom is 0.129 e. The Morgan fingerprint density at radius 3 is 3.00 bits per heavy atom. The lowest BCUT2D eigenvalue weighted by Gasteiger charge is -2.23. The first kappa shape index (κ1) is 10.5. The van der Waals surface area contributed by atoms with Gasteiger partial charge in [0.1, 0.15) is 5.82 Å². The Kier molecular flexibility index (Phi) is 3.47. The van der Waals surface area contributed by atoms with Crippen molar-refractivity contribution >= 4 is 27.7 Å². The van der Waals surface area contributed by atoms with Crippen LogP contribution < -0.4 is 5.32 Å². The molecule has 1 fully saturated rings. The van der Waals surface area contributed by atoms with Gasteiger partial charge in [0, 0.05) is 34.1 Å². The molecule has 0 bridgehead atoms. The third-order valence-corrected chi connectivity index (χ3v) is 3.81. The smallest absolute Gasteiger partial charge is 0.129 e. The van der Waals surface area contributed by atoms with Crippen LogP contribution in [0.3, 0.4) is 0 Å². The average Bonchev–Trinajstić information content (AvgIpc) is 2.19. The van der Waals surface area contributed by atoms with E-state index in [1.54, 1.807) is 0 Å². The van der Waals surface area contributed by atoms with Gasteiger partial charge in [-0.25, -0.2) is 4.39 Å². The van der Waals surface area contributed by atoms with E-state index >= 15 is 0 Å². The number of thioether (sulfide) groups is 1. The van der Waals surface area contributed by atoms with Crippen molar-refractivity contribution in [3.05, 3.63) is 34.1 Å². The molecule has 1 aromatic rings. The highest BCUT2D eigenvalue weighted by Crippen LogP contribution is 2.25. The molecule has 14 heavy (non-hydrogen) atoms. The van der Waals surface area contributed by atoms with Crippen LogP contribution in [-0.2, 0) is 0 Å². The predicted molar refractivity (Wildman–Crippen MR) is 62.2 cm³/mol. The molecule has 0 aromatic heterocycles. The monoisotopic (exact) mass is 275 g/mol. The maximum absolute atomic E-state index is 13.6. The van der Waals surface area contributed by atoms with E-state index in [4.69, 9.17) is 0 Å². The average molecular weight is 276 g/mol. The summed E-state index contributed by atoms with van der Waals surface area (Å²) >= 11 is 5.12. The first-order valence-electron chi connectivity index (χ1n) is 4.53. The summed E-state index contributed by atoms with van der Waals surface area (Å²) in [6.45, 7) is 0.963. The zero-order valence-electron chi connectivity index (χ0n) is 7.59. The van der Waals surface area contributed by atoms with Gasteiger partial charge in [0.05, 0.1) is 0 Å². The molecular formula is C10H11BrFNS. The normalized spacial score (nSPS) is 22.3. The largest absolute Gasteiger partial charge is 0.308 e. The van der Waals surface area contributed by atoms with Crippen LogP contribution in [0.25, 0.3) is 0 Å². The molecule has 1 nitrogen and oxygen atoms in total. The fourth-order valence-corrected chi connectivity index (χ4v) is 2.84. The Labute approximate surface area is 95.6 Å². The van der Waals surface area contributed by atoms with E-state index in [1.165, 1.54) is 6.07 Å². The molecule has 1 aliphatic heterocycles. The lowest BCUT2D eigenvalue weighted by atomic mass is 10.1. The van der Waals surface area contributed by atoms with Crippen LogP contribution in [0.4, 0.5) is 4.39 Å². The van der Waals surface area contributed by atoms with Crippen molar-refractivity contribution in [2.75, 3.05) is 18.1 Å². The molecule has 0 spiro atoms. The fraction of sp³-hybridized carbons (Fsp3) is 0.400. The molecule has 4 heteroatoms. The van der Waals surface area contributed by atoms with Gasteiger partial charge >= 0.3 is 0 Å². The minimum Gasteiger partial charge on any atom is -0.308 e. The van der Waals surface area contributed by atoms with Crippen molar-refractivity contribution in [2.24, 2.45) is 0 Å². The third kappa shape index (κ3) is 2.30. The van der Waals surface area contributed by atoms with Gasteiger partial charge in [-0.3, -0.25) is 0 Å². The van der Waals surface area contributed by atoms with Crippen LogP contribution in [0.15, 0.2) is 22.7 Å². The van der Waals surface area contributed by atoms with Crippen molar-refractivity contribution in [3.63, 3.8) is 0 Å². The number of rotatable bonds is 1. The van der Waals surface area contributed by atoms with Crippen molar-refractivity contribution in [1.29, 1.82) is 0 Å². The minimum atomic E-state index is -0.126. The fourth-order valence-electron chi connectivity index (χ4n) is 1.55. The first-order chi connectivity index (χ1) is 6.77. The zero-order valence-corrected chi connectivity index (χ0v) is 10.00. The topological polar surface area (TPSA) is 12.0 Å². The molecule has 1 saturated heterocycles. The van der Waals surface area contributed by atoms with Crippen LogP contribution in [-0.4, -0.2) is 18.1 Å². The second-order valence-electron chi connectivity index (χ2n) is 3.25. The van der Waals surface area contributed by atoms with E-state index < -0.39 is 0 Å². The standard InChI is InChI=1S/C10H11BrFNS/c11-7-1-2-8(9(12)5-7)10-6-14-4-3-13-10/h1-2,5,10,13H,3-4,6H2. The van der Waals surface area contributed by atoms with Crippen molar-refractivity contribution in [2.45, 2.75) is 6.04 Å². The molecule has 1 aliphatic rings. The van der Waals surface area contributed by atoms with Crippen LogP contribution >= 0.6 is 27.7 Å². The van der Waals surface area contributed by atoms with E-state index in [-0.39, 0.29) is 11.9 Å². The first-order valence-corrected chi connectivity index (χ1v) is 6.48. The number of nitrogens with one attached hydrogen (secondary N) is 1. The molecule has 1 unspecified atom stereocenters. The lowest BCUT2D eigenvalue weighted by Crippen LogP contribution is -2.30. The maximum atomic E-state index is 13.6. The Hall–Kier alpha value is -0.0600. The quantitative estimate of drug-likeness (QED) is 0.846. The van der Waals surface area contributed by atoms with Gasteiger partial charge in [-0.15, -0.1) is 0 Å². The molecule has 2 rings (SSSR count). The van der Waals surface area contributed by atoms with Crippen molar-refractivity contribution < 1.29 is 4.39 Å². The summed E-state index contributed by atoms with van der Waals surface area (Å²) < 4.78 is 14.3. The molecule has 0 saturated carbocycles.